The second-order valence-corrected chi connectivity index (χ2v) is 9.29. The van der Waals surface area contributed by atoms with Crippen molar-refractivity contribution >= 4 is 46.6 Å². The number of carbonyl (C=O) groups is 3. The maximum Gasteiger partial charge on any atom is 0.338 e. The van der Waals surface area contributed by atoms with E-state index in [4.69, 9.17) is 16.3 Å². The van der Waals surface area contributed by atoms with Gasteiger partial charge in [0.15, 0.2) is 0 Å². The smallest absolute Gasteiger partial charge is 0.338 e. The zero-order valence-corrected chi connectivity index (χ0v) is 22.6. The van der Waals surface area contributed by atoms with Crippen LogP contribution in [0.4, 0.5) is 16.2 Å². The van der Waals surface area contributed by atoms with Gasteiger partial charge in [0, 0.05) is 23.9 Å². The summed E-state index contributed by atoms with van der Waals surface area (Å²) in [7, 11) is 0. The van der Waals surface area contributed by atoms with E-state index in [1.807, 2.05) is 37.3 Å². The average Bonchev–Trinajstić information content (AvgIpc) is 2.94. The lowest BCUT2D eigenvalue weighted by atomic mass is 9.91. The Balaban J connectivity index is 1.76. The number of hydrogen-bond donors (Lipinski definition) is 2. The molecule has 0 aliphatic carbocycles. The lowest BCUT2D eigenvalue weighted by Crippen LogP contribution is -2.48. The fourth-order valence-corrected chi connectivity index (χ4v) is 4.65. The molecule has 3 amide bonds. The summed E-state index contributed by atoms with van der Waals surface area (Å²) in [5.74, 6) is -1.17. The van der Waals surface area contributed by atoms with E-state index in [-0.39, 0.29) is 34.5 Å². The number of halogens is 1. The molecule has 0 unspecified atom stereocenters. The molecule has 11 heteroatoms. The van der Waals surface area contributed by atoms with E-state index in [2.05, 4.69) is 10.6 Å². The SMILES string of the molecule is CCCN1C(=O)N[C@H](c2cccc(NC(=O)c3ccc(Cl)c([N+](=O)[O-])c3)c2)C(C(=O)OCC)=C1c1ccccc1. The summed E-state index contributed by atoms with van der Waals surface area (Å²) in [5, 5.41) is 16.8. The predicted molar refractivity (Wildman–Crippen MR) is 151 cm³/mol. The minimum Gasteiger partial charge on any atom is -0.463 e. The molecule has 0 saturated heterocycles. The van der Waals surface area contributed by atoms with Crippen molar-refractivity contribution in [2.75, 3.05) is 18.5 Å². The molecule has 206 valence electrons. The molecule has 1 aliphatic heterocycles. The third-order valence-electron chi connectivity index (χ3n) is 6.20. The number of esters is 1. The van der Waals surface area contributed by atoms with Crippen molar-refractivity contribution in [1.29, 1.82) is 0 Å². The molecule has 1 aliphatic rings. The van der Waals surface area contributed by atoms with Crippen molar-refractivity contribution in [2.24, 2.45) is 0 Å². The Morgan fingerprint density at radius 1 is 1.07 bits per heavy atom. The maximum absolute atomic E-state index is 13.4. The molecule has 0 radical (unpaired) electrons. The molecule has 10 nitrogen and oxygen atoms in total. The summed E-state index contributed by atoms with van der Waals surface area (Å²) in [4.78, 5) is 51.7. The van der Waals surface area contributed by atoms with Gasteiger partial charge < -0.3 is 15.4 Å². The number of benzene rings is 3. The van der Waals surface area contributed by atoms with Crippen molar-refractivity contribution < 1.29 is 24.0 Å². The molecular formula is C29H27ClN4O6. The third kappa shape index (κ3) is 5.97. The second-order valence-electron chi connectivity index (χ2n) is 8.89. The molecule has 3 aromatic rings. The number of carbonyl (C=O) groups excluding carboxylic acids is 3. The average molecular weight is 563 g/mol. The highest BCUT2D eigenvalue weighted by Crippen LogP contribution is 2.37. The van der Waals surface area contributed by atoms with Crippen LogP contribution in [0.3, 0.4) is 0 Å². The molecule has 0 spiro atoms. The number of ether oxygens (including phenoxy) is 1. The van der Waals surface area contributed by atoms with Gasteiger partial charge in [-0.25, -0.2) is 9.59 Å². The van der Waals surface area contributed by atoms with E-state index in [9.17, 15) is 24.5 Å². The van der Waals surface area contributed by atoms with Gasteiger partial charge >= 0.3 is 12.0 Å². The quantitative estimate of drug-likeness (QED) is 0.188. The summed E-state index contributed by atoms with van der Waals surface area (Å²) in [6, 6.07) is 18.3. The number of nitro groups is 1. The molecule has 0 aromatic heterocycles. The van der Waals surface area contributed by atoms with E-state index >= 15 is 0 Å². The molecule has 2 N–H and O–H groups in total. The molecule has 40 heavy (non-hydrogen) atoms. The van der Waals surface area contributed by atoms with Crippen LogP contribution in [0.25, 0.3) is 5.70 Å². The first-order chi connectivity index (χ1) is 19.2. The number of urea groups is 1. The number of nitrogens with one attached hydrogen (secondary N) is 2. The number of rotatable bonds is 9. The second kappa shape index (κ2) is 12.4. The van der Waals surface area contributed by atoms with Crippen LogP contribution in [0.5, 0.6) is 0 Å². The normalized spacial score (nSPS) is 14.9. The number of anilines is 1. The van der Waals surface area contributed by atoms with E-state index in [0.717, 1.165) is 6.07 Å². The van der Waals surface area contributed by atoms with Crippen molar-refractivity contribution in [3.63, 3.8) is 0 Å². The molecule has 0 fully saturated rings. The molecule has 0 saturated carbocycles. The molecule has 1 atom stereocenters. The van der Waals surface area contributed by atoms with E-state index in [1.165, 1.54) is 17.0 Å². The first kappa shape index (κ1) is 28.3. The van der Waals surface area contributed by atoms with Gasteiger partial charge in [0.25, 0.3) is 11.6 Å². The molecular weight excluding hydrogens is 536 g/mol. The predicted octanol–water partition coefficient (Wildman–Crippen LogP) is 5.95. The number of amides is 3. The van der Waals surface area contributed by atoms with Crippen molar-refractivity contribution in [2.45, 2.75) is 26.3 Å². The fraction of sp³-hybridized carbons (Fsp3) is 0.207. The van der Waals surface area contributed by atoms with Gasteiger partial charge in [0.2, 0.25) is 0 Å². The van der Waals surface area contributed by atoms with Gasteiger partial charge in [0.1, 0.15) is 5.02 Å². The Labute approximate surface area is 235 Å². The van der Waals surface area contributed by atoms with Gasteiger partial charge in [-0.1, -0.05) is 61.0 Å². The van der Waals surface area contributed by atoms with Gasteiger partial charge in [0.05, 0.1) is 28.8 Å². The number of nitrogens with zero attached hydrogens (tertiary/aromatic N) is 2. The van der Waals surface area contributed by atoms with Gasteiger partial charge in [-0.05, 0) is 48.7 Å². The summed E-state index contributed by atoms with van der Waals surface area (Å²) >= 11 is 5.87. The Kier molecular flexibility index (Phi) is 8.80. The Hall–Kier alpha value is -4.70. The van der Waals surface area contributed by atoms with E-state index in [0.29, 0.717) is 35.5 Å². The van der Waals surface area contributed by atoms with Crippen LogP contribution in [0.1, 0.15) is 47.8 Å². The first-order valence-corrected chi connectivity index (χ1v) is 13.0. The summed E-state index contributed by atoms with van der Waals surface area (Å²) < 4.78 is 5.43. The van der Waals surface area contributed by atoms with Crippen LogP contribution in [-0.4, -0.2) is 40.9 Å². The van der Waals surface area contributed by atoms with E-state index < -0.39 is 22.8 Å². The maximum atomic E-state index is 13.4. The fourth-order valence-electron chi connectivity index (χ4n) is 4.47. The first-order valence-electron chi connectivity index (χ1n) is 12.6. The zero-order chi connectivity index (χ0) is 28.8. The summed E-state index contributed by atoms with van der Waals surface area (Å²) in [6.07, 6.45) is 0.662. The highest BCUT2D eigenvalue weighted by atomic mass is 35.5. The summed E-state index contributed by atoms with van der Waals surface area (Å²) in [5.41, 5.74) is 1.95. The molecule has 3 aromatic carbocycles. The summed E-state index contributed by atoms with van der Waals surface area (Å²) in [6.45, 7) is 4.17. The zero-order valence-electron chi connectivity index (χ0n) is 21.8. The topological polar surface area (TPSA) is 131 Å². The molecule has 1 heterocycles. The van der Waals surface area contributed by atoms with Crippen LogP contribution in [0, 0.1) is 10.1 Å². The lowest BCUT2D eigenvalue weighted by molar-refractivity contribution is -0.384. The highest BCUT2D eigenvalue weighted by Gasteiger charge is 2.38. The van der Waals surface area contributed by atoms with Crippen molar-refractivity contribution in [1.82, 2.24) is 10.2 Å². The van der Waals surface area contributed by atoms with Crippen molar-refractivity contribution in [3.05, 3.63) is 110 Å². The minimum absolute atomic E-state index is 0.0427. The molecule has 4 rings (SSSR count). The molecule has 0 bridgehead atoms. The van der Waals surface area contributed by atoms with Gasteiger partial charge in [-0.15, -0.1) is 0 Å². The Morgan fingerprint density at radius 3 is 2.50 bits per heavy atom. The third-order valence-corrected chi connectivity index (χ3v) is 6.52. The number of nitro benzene ring substituents is 1. The lowest BCUT2D eigenvalue weighted by Gasteiger charge is -2.37. The van der Waals surface area contributed by atoms with Crippen molar-refractivity contribution in [3.8, 4) is 0 Å². The standard InChI is InChI=1S/C29H27ClN4O6/c1-3-15-33-26(18-9-6-5-7-10-18)24(28(36)40-4-2)25(32-29(33)37)19-11-8-12-21(16-19)31-27(35)20-13-14-22(30)23(17-20)34(38)39/h5-14,16-17,25H,3-4,15H2,1-2H3,(H,31,35)(H,32,37)/t25-/m1/s1. The Bertz CT molecular complexity index is 1490. The van der Waals surface area contributed by atoms with Gasteiger partial charge in [-0.3, -0.25) is 19.8 Å². The minimum atomic E-state index is -0.872. The van der Waals surface area contributed by atoms with E-state index in [1.54, 1.807) is 31.2 Å². The van der Waals surface area contributed by atoms with Crippen LogP contribution in [0.2, 0.25) is 5.02 Å². The van der Waals surface area contributed by atoms with Crippen LogP contribution < -0.4 is 10.6 Å². The van der Waals surface area contributed by atoms with Crippen LogP contribution in [-0.2, 0) is 9.53 Å². The largest absolute Gasteiger partial charge is 0.463 e. The Morgan fingerprint density at radius 2 is 1.82 bits per heavy atom. The van der Waals surface area contributed by atoms with Crippen LogP contribution >= 0.6 is 11.6 Å². The number of hydrogen-bond acceptors (Lipinski definition) is 6. The monoisotopic (exact) mass is 562 g/mol. The van der Waals surface area contributed by atoms with Gasteiger partial charge in [-0.2, -0.15) is 0 Å². The van der Waals surface area contributed by atoms with Crippen LogP contribution in [0.15, 0.2) is 78.4 Å². The highest BCUT2D eigenvalue weighted by molar-refractivity contribution is 6.32.